The predicted octanol–water partition coefficient (Wildman–Crippen LogP) is 0.560. The van der Waals surface area contributed by atoms with Crippen LogP contribution in [-0.4, -0.2) is 98.8 Å². The lowest BCUT2D eigenvalue weighted by Crippen LogP contribution is -2.65. The van der Waals surface area contributed by atoms with Crippen molar-refractivity contribution in [2.75, 3.05) is 13.2 Å². The molecule has 218 valence electrons. The van der Waals surface area contributed by atoms with Crippen LogP contribution in [0.2, 0.25) is 0 Å². The van der Waals surface area contributed by atoms with Crippen LogP contribution in [0, 0.1) is 28.6 Å². The van der Waals surface area contributed by atoms with Crippen molar-refractivity contribution in [3.8, 4) is 0 Å². The second-order valence-corrected chi connectivity index (χ2v) is 13.8. The monoisotopic (exact) mass is 550 g/mol. The van der Waals surface area contributed by atoms with Crippen LogP contribution in [0.1, 0.15) is 65.2 Å². The van der Waals surface area contributed by atoms with Crippen LogP contribution in [-0.2, 0) is 23.7 Å². The topological polar surface area (TPSA) is 158 Å². The van der Waals surface area contributed by atoms with Gasteiger partial charge in [-0.2, -0.15) is 0 Å². The quantitative estimate of drug-likeness (QED) is 0.190. The number of carbonyl (C=O) groups excluding carboxylic acids is 1. The zero-order valence-corrected chi connectivity index (χ0v) is 22.7. The molecule has 6 fully saturated rings. The van der Waals surface area contributed by atoms with Crippen LogP contribution in [0.15, 0.2) is 11.6 Å². The number of aliphatic hydroxyl groups excluding tert-OH is 4. The Bertz CT molecular complexity index is 1060. The Balaban J connectivity index is 1.07. The van der Waals surface area contributed by atoms with Gasteiger partial charge in [-0.1, -0.05) is 13.8 Å². The Morgan fingerprint density at radius 1 is 1.03 bits per heavy atom. The van der Waals surface area contributed by atoms with Crippen LogP contribution in [0.4, 0.5) is 0 Å². The highest BCUT2D eigenvalue weighted by molar-refractivity contribution is 5.86. The van der Waals surface area contributed by atoms with E-state index < -0.39 is 53.9 Å². The maximum absolute atomic E-state index is 12.5. The molecule has 14 atom stereocenters. The van der Waals surface area contributed by atoms with Crippen molar-refractivity contribution in [2.24, 2.45) is 28.6 Å². The van der Waals surface area contributed by atoms with E-state index in [1.165, 1.54) is 0 Å². The van der Waals surface area contributed by atoms with E-state index in [1.54, 1.807) is 6.08 Å². The minimum Gasteiger partial charge on any atom is -0.458 e. The first-order valence-corrected chi connectivity index (χ1v) is 14.7. The van der Waals surface area contributed by atoms with Gasteiger partial charge in [0.25, 0.3) is 0 Å². The van der Waals surface area contributed by atoms with Crippen molar-refractivity contribution >= 4 is 5.97 Å². The Hall–Kier alpha value is -1.11. The van der Waals surface area contributed by atoms with Gasteiger partial charge in [0, 0.05) is 23.5 Å². The van der Waals surface area contributed by atoms with E-state index in [0.29, 0.717) is 18.3 Å². The molecule has 10 heteroatoms. The summed E-state index contributed by atoms with van der Waals surface area (Å²) in [6, 6.07) is 0. The van der Waals surface area contributed by atoms with Crippen LogP contribution < -0.4 is 0 Å². The Labute approximate surface area is 228 Å². The lowest BCUT2D eigenvalue weighted by Gasteiger charge is -2.64. The molecule has 0 unspecified atom stereocenters. The fourth-order valence-corrected chi connectivity index (χ4v) is 10.3. The minimum atomic E-state index is -1.45. The summed E-state index contributed by atoms with van der Waals surface area (Å²) >= 11 is 0. The molecular formula is C29H42O10. The lowest BCUT2D eigenvalue weighted by atomic mass is 9.43. The maximum atomic E-state index is 12.5. The number of epoxide rings is 1. The summed E-state index contributed by atoms with van der Waals surface area (Å²) in [4.78, 5) is 11.9. The molecule has 4 saturated carbocycles. The second-order valence-electron chi connectivity index (χ2n) is 13.8. The van der Waals surface area contributed by atoms with Crippen LogP contribution in [0.25, 0.3) is 0 Å². The van der Waals surface area contributed by atoms with Gasteiger partial charge in [-0.3, -0.25) is 0 Å². The number of fused-ring (bicyclic) bond motifs is 7. The number of hydrogen-bond donors (Lipinski definition) is 5. The van der Waals surface area contributed by atoms with Crippen molar-refractivity contribution in [2.45, 2.75) is 119 Å². The van der Waals surface area contributed by atoms with Crippen molar-refractivity contribution in [3.05, 3.63) is 11.6 Å². The standard InChI is InChI=1S/C29H42O10/c1-26-7-5-16(37-25-24(34)23(33)22(32)19(12-30)38-25)9-14(26)3-4-18-17(26)6-8-27(2)28(18,35)11-20-29(27,39-20)15-10-21(31)36-13-15/h10,14,16-20,22-25,30,32-35H,3-9,11-13H2,1-2H3/t14-,16+,17+,18-,19-,20+,22+,23+,24-,25-,26+,27+,28+,29+/m1/s1. The molecule has 0 bridgehead atoms. The largest absolute Gasteiger partial charge is 0.458 e. The van der Waals surface area contributed by atoms with Gasteiger partial charge < -0.3 is 44.5 Å². The number of hydrogen-bond acceptors (Lipinski definition) is 10. The third kappa shape index (κ3) is 3.40. The molecule has 7 aliphatic rings. The van der Waals surface area contributed by atoms with Gasteiger partial charge in [-0.15, -0.1) is 0 Å². The highest BCUT2D eigenvalue weighted by Crippen LogP contribution is 2.77. The summed E-state index contributed by atoms with van der Waals surface area (Å²) in [6.07, 6.45) is 1.81. The fraction of sp³-hybridized carbons (Fsp3) is 0.897. The first-order chi connectivity index (χ1) is 18.5. The first-order valence-electron chi connectivity index (χ1n) is 14.7. The molecule has 4 aliphatic carbocycles. The fourth-order valence-electron chi connectivity index (χ4n) is 10.3. The summed E-state index contributed by atoms with van der Waals surface area (Å²) in [6.45, 7) is 4.32. The van der Waals surface area contributed by atoms with Gasteiger partial charge in [-0.05, 0) is 68.1 Å². The summed E-state index contributed by atoms with van der Waals surface area (Å²) in [5, 5.41) is 52.7. The number of ether oxygens (including phenoxy) is 4. The van der Waals surface area contributed by atoms with E-state index in [9.17, 15) is 30.3 Å². The molecule has 3 heterocycles. The zero-order valence-electron chi connectivity index (χ0n) is 22.7. The van der Waals surface area contributed by atoms with E-state index in [4.69, 9.17) is 18.9 Å². The van der Waals surface area contributed by atoms with E-state index >= 15 is 0 Å². The molecule has 5 N–H and O–H groups in total. The highest BCUT2D eigenvalue weighted by atomic mass is 16.7. The van der Waals surface area contributed by atoms with E-state index in [1.807, 2.05) is 0 Å². The number of aliphatic hydroxyl groups is 5. The van der Waals surface area contributed by atoms with Gasteiger partial charge in [0.05, 0.1) is 24.4 Å². The summed E-state index contributed by atoms with van der Waals surface area (Å²) in [7, 11) is 0. The average molecular weight is 551 g/mol. The summed E-state index contributed by atoms with van der Waals surface area (Å²) in [5.74, 6) is 0.594. The molecule has 0 spiro atoms. The van der Waals surface area contributed by atoms with Gasteiger partial charge >= 0.3 is 5.97 Å². The van der Waals surface area contributed by atoms with Crippen molar-refractivity contribution < 1.29 is 49.3 Å². The molecule has 0 aromatic rings. The molecule has 0 radical (unpaired) electrons. The van der Waals surface area contributed by atoms with Gasteiger partial charge in [0.1, 0.15) is 36.6 Å². The average Bonchev–Trinajstić information content (AvgIpc) is 3.39. The Kier molecular flexibility index (Phi) is 5.97. The smallest absolute Gasteiger partial charge is 0.331 e. The summed E-state index contributed by atoms with van der Waals surface area (Å²) < 4.78 is 23.3. The third-order valence-corrected chi connectivity index (χ3v) is 12.5. The number of cyclic esters (lactones) is 1. The molecule has 10 nitrogen and oxygen atoms in total. The van der Waals surface area contributed by atoms with Gasteiger partial charge in [0.2, 0.25) is 0 Å². The molecule has 39 heavy (non-hydrogen) atoms. The van der Waals surface area contributed by atoms with Crippen molar-refractivity contribution in [3.63, 3.8) is 0 Å². The second kappa shape index (κ2) is 8.70. The molecule has 7 rings (SSSR count). The normalized spacial score (nSPS) is 58.0. The lowest BCUT2D eigenvalue weighted by molar-refractivity contribution is -0.317. The molecule has 0 aromatic carbocycles. The van der Waals surface area contributed by atoms with E-state index in [2.05, 4.69) is 13.8 Å². The predicted molar refractivity (Wildman–Crippen MR) is 134 cm³/mol. The molecule has 0 aromatic heterocycles. The van der Waals surface area contributed by atoms with Crippen molar-refractivity contribution in [1.29, 1.82) is 0 Å². The Morgan fingerprint density at radius 3 is 2.54 bits per heavy atom. The van der Waals surface area contributed by atoms with E-state index in [-0.39, 0.29) is 36.1 Å². The molecular weight excluding hydrogens is 508 g/mol. The van der Waals surface area contributed by atoms with Crippen LogP contribution >= 0.6 is 0 Å². The van der Waals surface area contributed by atoms with Crippen LogP contribution in [0.3, 0.4) is 0 Å². The molecule has 0 amide bonds. The first kappa shape index (κ1) is 26.8. The Morgan fingerprint density at radius 2 is 1.82 bits per heavy atom. The van der Waals surface area contributed by atoms with Gasteiger partial charge in [0.15, 0.2) is 6.29 Å². The number of carbonyl (C=O) groups is 1. The third-order valence-electron chi connectivity index (χ3n) is 12.5. The highest BCUT2D eigenvalue weighted by Gasteiger charge is 2.84. The maximum Gasteiger partial charge on any atom is 0.331 e. The van der Waals surface area contributed by atoms with Crippen molar-refractivity contribution in [1.82, 2.24) is 0 Å². The number of esters is 1. The van der Waals surface area contributed by atoms with E-state index in [0.717, 1.165) is 50.5 Å². The zero-order chi connectivity index (χ0) is 27.5. The molecule has 3 aliphatic heterocycles. The van der Waals surface area contributed by atoms with Crippen LogP contribution in [0.5, 0.6) is 0 Å². The SMILES string of the molecule is C[C@]12CC[C@H](O[C@@H]3O[C@H](CO)[C@H](O)[C@H](O)[C@H]3O)C[C@H]1CC[C@@H]1[C@@H]2CC[C@@]2(C)[C@]1(O)C[C@@H]1O[C@@]12C1=CC(=O)OC1. The van der Waals surface area contributed by atoms with Gasteiger partial charge in [-0.25, -0.2) is 4.79 Å². The molecule has 2 saturated heterocycles. The summed E-state index contributed by atoms with van der Waals surface area (Å²) in [5.41, 5.74) is -0.976. The number of rotatable bonds is 4. The minimum absolute atomic E-state index is 0.0434.